The van der Waals surface area contributed by atoms with Crippen molar-refractivity contribution in [1.29, 1.82) is 0 Å². The number of benzene rings is 1. The summed E-state index contributed by atoms with van der Waals surface area (Å²) in [5.41, 5.74) is 0.368. The van der Waals surface area contributed by atoms with Gasteiger partial charge in [0.15, 0.2) is 17.3 Å². The van der Waals surface area contributed by atoms with E-state index in [1.807, 2.05) is 20.8 Å². The first-order chi connectivity index (χ1) is 8.51. The van der Waals surface area contributed by atoms with Crippen molar-refractivity contribution < 1.29 is 13.9 Å². The molecule has 1 rings (SSSR count). The number of carbonyl (C=O) groups excluding carboxylic acids is 1. The lowest BCUT2D eigenvalue weighted by Crippen LogP contribution is -2.40. The van der Waals surface area contributed by atoms with Crippen molar-refractivity contribution in [3.8, 4) is 5.75 Å². The van der Waals surface area contributed by atoms with Crippen molar-refractivity contribution in [3.05, 3.63) is 29.6 Å². The molecule has 0 aliphatic heterocycles. The fourth-order valence-corrected chi connectivity index (χ4v) is 1.85. The zero-order valence-electron chi connectivity index (χ0n) is 11.3. The Kier molecular flexibility index (Phi) is 5.28. The number of hydrogen-bond acceptors (Lipinski definition) is 3. The molecule has 1 aromatic carbocycles. The van der Waals surface area contributed by atoms with E-state index in [0.717, 1.165) is 0 Å². The predicted octanol–water partition coefficient (Wildman–Crippen LogP) is 2.65. The SMILES string of the molecule is CCNC(C(=O)c1ccc(OC)c(F)c1)C(C)C. The van der Waals surface area contributed by atoms with Crippen LogP contribution in [-0.4, -0.2) is 25.5 Å². The van der Waals surface area contributed by atoms with Gasteiger partial charge in [-0.15, -0.1) is 0 Å². The zero-order valence-corrected chi connectivity index (χ0v) is 11.3. The van der Waals surface area contributed by atoms with Crippen molar-refractivity contribution in [3.63, 3.8) is 0 Å². The van der Waals surface area contributed by atoms with Crippen molar-refractivity contribution in [2.75, 3.05) is 13.7 Å². The van der Waals surface area contributed by atoms with E-state index in [1.165, 1.54) is 19.2 Å². The molecular formula is C14H20FNO2. The molecule has 18 heavy (non-hydrogen) atoms. The van der Waals surface area contributed by atoms with Gasteiger partial charge in [0.05, 0.1) is 13.2 Å². The second-order valence-corrected chi connectivity index (χ2v) is 4.49. The number of Topliss-reactive ketones (excluding diaryl/α,β-unsaturated/α-hetero) is 1. The summed E-state index contributed by atoms with van der Waals surface area (Å²) in [7, 11) is 1.40. The van der Waals surface area contributed by atoms with Crippen LogP contribution in [0.4, 0.5) is 4.39 Å². The number of nitrogens with one attached hydrogen (secondary N) is 1. The molecule has 0 heterocycles. The first-order valence-corrected chi connectivity index (χ1v) is 6.12. The quantitative estimate of drug-likeness (QED) is 0.792. The molecule has 1 aromatic rings. The lowest BCUT2D eigenvalue weighted by molar-refractivity contribution is 0.0917. The highest BCUT2D eigenvalue weighted by Gasteiger charge is 2.23. The second kappa shape index (κ2) is 6.50. The number of rotatable bonds is 6. The summed E-state index contributed by atoms with van der Waals surface area (Å²) in [5.74, 6) is -0.297. The molecule has 0 saturated heterocycles. The molecule has 0 spiro atoms. The monoisotopic (exact) mass is 253 g/mol. The highest BCUT2D eigenvalue weighted by atomic mass is 19.1. The average Bonchev–Trinajstić information content (AvgIpc) is 2.34. The van der Waals surface area contributed by atoms with Crippen molar-refractivity contribution in [2.24, 2.45) is 5.92 Å². The molecule has 0 aliphatic rings. The Bertz CT molecular complexity index is 418. The van der Waals surface area contributed by atoms with E-state index in [0.29, 0.717) is 12.1 Å². The van der Waals surface area contributed by atoms with Crippen LogP contribution in [0.2, 0.25) is 0 Å². The van der Waals surface area contributed by atoms with Gasteiger partial charge >= 0.3 is 0 Å². The molecule has 1 atom stereocenters. The lowest BCUT2D eigenvalue weighted by Gasteiger charge is -2.20. The van der Waals surface area contributed by atoms with Crippen LogP contribution in [0, 0.1) is 11.7 Å². The van der Waals surface area contributed by atoms with Crippen LogP contribution in [-0.2, 0) is 0 Å². The normalized spacial score (nSPS) is 12.6. The standard InChI is InChI=1S/C14H20FNO2/c1-5-16-13(9(2)3)14(17)10-6-7-12(18-4)11(15)8-10/h6-9,13,16H,5H2,1-4H3. The summed E-state index contributed by atoms with van der Waals surface area (Å²) >= 11 is 0. The maximum Gasteiger partial charge on any atom is 0.180 e. The van der Waals surface area contributed by atoms with Gasteiger partial charge in [-0.3, -0.25) is 4.79 Å². The highest BCUT2D eigenvalue weighted by molar-refractivity contribution is 6.00. The zero-order chi connectivity index (χ0) is 13.7. The predicted molar refractivity (Wildman–Crippen MR) is 69.6 cm³/mol. The lowest BCUT2D eigenvalue weighted by atomic mass is 9.95. The van der Waals surface area contributed by atoms with Crippen LogP contribution in [0.5, 0.6) is 5.75 Å². The maximum atomic E-state index is 13.6. The summed E-state index contributed by atoms with van der Waals surface area (Å²) in [6, 6.07) is 4.01. The minimum Gasteiger partial charge on any atom is -0.494 e. The smallest absolute Gasteiger partial charge is 0.180 e. The minimum atomic E-state index is -0.512. The van der Waals surface area contributed by atoms with E-state index in [2.05, 4.69) is 5.32 Å². The molecule has 100 valence electrons. The third-order valence-electron chi connectivity index (χ3n) is 2.81. The Balaban J connectivity index is 2.98. The number of ketones is 1. The Morgan fingerprint density at radius 3 is 2.56 bits per heavy atom. The highest BCUT2D eigenvalue weighted by Crippen LogP contribution is 2.19. The van der Waals surface area contributed by atoms with Gasteiger partial charge in [-0.1, -0.05) is 20.8 Å². The van der Waals surface area contributed by atoms with E-state index < -0.39 is 5.82 Å². The number of ether oxygens (including phenoxy) is 1. The van der Waals surface area contributed by atoms with Gasteiger partial charge in [0.2, 0.25) is 0 Å². The summed E-state index contributed by atoms with van der Waals surface area (Å²) in [5, 5.41) is 3.13. The molecule has 1 N–H and O–H groups in total. The Morgan fingerprint density at radius 2 is 2.11 bits per heavy atom. The number of halogens is 1. The first kappa shape index (κ1) is 14.6. The minimum absolute atomic E-state index is 0.0894. The van der Waals surface area contributed by atoms with Gasteiger partial charge in [-0.2, -0.15) is 0 Å². The molecular weight excluding hydrogens is 233 g/mol. The third kappa shape index (κ3) is 3.29. The fraction of sp³-hybridized carbons (Fsp3) is 0.500. The summed E-state index contributed by atoms with van der Waals surface area (Å²) < 4.78 is 18.4. The molecule has 0 bridgehead atoms. The van der Waals surface area contributed by atoms with E-state index in [4.69, 9.17) is 4.74 Å². The number of likely N-dealkylation sites (N-methyl/N-ethyl adjacent to an activating group) is 1. The van der Waals surface area contributed by atoms with Crippen LogP contribution in [0.3, 0.4) is 0 Å². The summed E-state index contributed by atoms with van der Waals surface area (Å²) in [6.07, 6.45) is 0. The number of methoxy groups -OCH3 is 1. The molecule has 0 fully saturated rings. The molecule has 0 aliphatic carbocycles. The fourth-order valence-electron chi connectivity index (χ4n) is 1.85. The van der Waals surface area contributed by atoms with Crippen LogP contribution in [0.25, 0.3) is 0 Å². The van der Waals surface area contributed by atoms with Crippen LogP contribution >= 0.6 is 0 Å². The maximum absolute atomic E-state index is 13.6. The van der Waals surface area contributed by atoms with Gasteiger partial charge in [0, 0.05) is 5.56 Å². The molecule has 0 saturated carbocycles. The van der Waals surface area contributed by atoms with Crippen molar-refractivity contribution >= 4 is 5.78 Å². The van der Waals surface area contributed by atoms with Gasteiger partial charge in [0.1, 0.15) is 0 Å². The van der Waals surface area contributed by atoms with Crippen LogP contribution < -0.4 is 10.1 Å². The van der Waals surface area contributed by atoms with Crippen LogP contribution in [0.1, 0.15) is 31.1 Å². The average molecular weight is 253 g/mol. The topological polar surface area (TPSA) is 38.3 Å². The number of hydrogen-bond donors (Lipinski definition) is 1. The van der Waals surface area contributed by atoms with E-state index >= 15 is 0 Å². The Hall–Kier alpha value is -1.42. The van der Waals surface area contributed by atoms with E-state index in [-0.39, 0.29) is 23.5 Å². The van der Waals surface area contributed by atoms with Gasteiger partial charge in [0.25, 0.3) is 0 Å². The van der Waals surface area contributed by atoms with Crippen molar-refractivity contribution in [1.82, 2.24) is 5.32 Å². The van der Waals surface area contributed by atoms with Gasteiger partial charge in [-0.25, -0.2) is 4.39 Å². The number of carbonyl (C=O) groups is 1. The van der Waals surface area contributed by atoms with Crippen LogP contribution in [0.15, 0.2) is 18.2 Å². The van der Waals surface area contributed by atoms with E-state index in [9.17, 15) is 9.18 Å². The largest absolute Gasteiger partial charge is 0.494 e. The molecule has 0 aromatic heterocycles. The summed E-state index contributed by atoms with van der Waals surface area (Å²) in [6.45, 7) is 6.57. The van der Waals surface area contributed by atoms with E-state index in [1.54, 1.807) is 6.07 Å². The second-order valence-electron chi connectivity index (χ2n) is 4.49. The van der Waals surface area contributed by atoms with Gasteiger partial charge in [-0.05, 0) is 30.7 Å². The molecule has 0 amide bonds. The van der Waals surface area contributed by atoms with Gasteiger partial charge < -0.3 is 10.1 Å². The molecule has 3 nitrogen and oxygen atoms in total. The Morgan fingerprint density at radius 1 is 1.44 bits per heavy atom. The summed E-state index contributed by atoms with van der Waals surface area (Å²) in [4.78, 5) is 12.3. The molecule has 0 radical (unpaired) electrons. The Labute approximate surface area is 107 Å². The molecule has 1 unspecified atom stereocenters. The molecule has 4 heteroatoms. The third-order valence-corrected chi connectivity index (χ3v) is 2.81. The van der Waals surface area contributed by atoms with Crippen molar-refractivity contribution in [2.45, 2.75) is 26.8 Å². The first-order valence-electron chi connectivity index (χ1n) is 6.12.